The summed E-state index contributed by atoms with van der Waals surface area (Å²) in [4.78, 5) is 10.6. The summed E-state index contributed by atoms with van der Waals surface area (Å²) in [7, 11) is 1.63. The van der Waals surface area contributed by atoms with Crippen LogP contribution in [0.2, 0.25) is 0 Å². The Morgan fingerprint density at radius 3 is 2.93 bits per heavy atom. The van der Waals surface area contributed by atoms with E-state index in [4.69, 9.17) is 19.9 Å². The summed E-state index contributed by atoms with van der Waals surface area (Å²) in [5.74, 6) is -0.474. The van der Waals surface area contributed by atoms with E-state index in [1.807, 2.05) is 6.92 Å². The number of hydrogen-bond donors (Lipinski definition) is 1. The van der Waals surface area contributed by atoms with Gasteiger partial charge in [-0.1, -0.05) is 0 Å². The maximum atomic E-state index is 10.6. The summed E-state index contributed by atoms with van der Waals surface area (Å²) in [5, 5.41) is 0. The van der Waals surface area contributed by atoms with Gasteiger partial charge in [0.15, 0.2) is 0 Å². The van der Waals surface area contributed by atoms with Crippen LogP contribution < -0.4 is 5.73 Å². The predicted molar refractivity (Wildman–Crippen MR) is 49.8 cm³/mol. The van der Waals surface area contributed by atoms with Gasteiger partial charge in [-0.05, 0) is 13.3 Å². The molecule has 1 heterocycles. The number of nitrogens with two attached hydrogens (primary N) is 1. The summed E-state index contributed by atoms with van der Waals surface area (Å²) in [6, 6.07) is 0. The third-order valence-electron chi connectivity index (χ3n) is 2.33. The van der Waals surface area contributed by atoms with Gasteiger partial charge in [0.05, 0.1) is 12.2 Å². The first kappa shape index (κ1) is 11.4. The van der Waals surface area contributed by atoms with E-state index < -0.39 is 5.91 Å². The van der Waals surface area contributed by atoms with Crippen molar-refractivity contribution in [1.29, 1.82) is 0 Å². The predicted octanol–water partition coefficient (Wildman–Crippen LogP) is -0.319. The van der Waals surface area contributed by atoms with Crippen molar-refractivity contribution in [3.05, 3.63) is 0 Å². The van der Waals surface area contributed by atoms with Gasteiger partial charge in [0.25, 0.3) is 0 Å². The van der Waals surface area contributed by atoms with Crippen molar-refractivity contribution in [3.63, 3.8) is 0 Å². The number of hydrogen-bond acceptors (Lipinski definition) is 4. The topological polar surface area (TPSA) is 70.8 Å². The normalized spacial score (nSPS) is 32.9. The summed E-state index contributed by atoms with van der Waals surface area (Å²) >= 11 is 0. The molecule has 0 bridgehead atoms. The second-order valence-corrected chi connectivity index (χ2v) is 3.38. The lowest BCUT2D eigenvalue weighted by molar-refractivity contribution is -0.166. The van der Waals surface area contributed by atoms with Gasteiger partial charge in [0.1, 0.15) is 12.7 Å². The summed E-state index contributed by atoms with van der Waals surface area (Å²) in [5.41, 5.74) is 5.00. The maximum absolute atomic E-state index is 10.6. The minimum Gasteiger partial charge on any atom is -0.379 e. The van der Waals surface area contributed by atoms with E-state index >= 15 is 0 Å². The quantitative estimate of drug-likeness (QED) is 0.679. The van der Waals surface area contributed by atoms with Crippen LogP contribution in [0.4, 0.5) is 0 Å². The Hall–Kier alpha value is -0.650. The first-order chi connectivity index (χ1) is 6.65. The Labute approximate surface area is 83.5 Å². The third-order valence-corrected chi connectivity index (χ3v) is 2.33. The number of amides is 1. The summed E-state index contributed by atoms with van der Waals surface area (Å²) in [6.45, 7) is 2.48. The molecule has 0 aromatic rings. The fourth-order valence-electron chi connectivity index (χ4n) is 1.60. The van der Waals surface area contributed by atoms with Crippen LogP contribution in [-0.2, 0) is 19.0 Å². The van der Waals surface area contributed by atoms with Crippen molar-refractivity contribution in [2.45, 2.75) is 31.7 Å². The van der Waals surface area contributed by atoms with Gasteiger partial charge in [-0.15, -0.1) is 0 Å². The first-order valence-corrected chi connectivity index (χ1v) is 4.69. The lowest BCUT2D eigenvalue weighted by Crippen LogP contribution is -2.46. The summed E-state index contributed by atoms with van der Waals surface area (Å²) in [6.07, 6.45) is 0.497. The highest BCUT2D eigenvalue weighted by Crippen LogP contribution is 2.19. The number of primary amides is 1. The molecule has 1 unspecified atom stereocenters. The van der Waals surface area contributed by atoms with Crippen molar-refractivity contribution in [3.8, 4) is 0 Å². The second kappa shape index (κ2) is 5.29. The van der Waals surface area contributed by atoms with Gasteiger partial charge in [-0.25, -0.2) is 0 Å². The standard InChI is InChI=1S/C9H17NO4/c1-6-9(14-5-8(10)11)7(12-2)3-4-13-6/h6-7,9H,3-5H2,1-2H3,(H2,10,11)/t6-,7-,9?/m0/s1. The number of rotatable bonds is 4. The molecule has 0 radical (unpaired) electrons. The number of methoxy groups -OCH3 is 1. The van der Waals surface area contributed by atoms with E-state index in [9.17, 15) is 4.79 Å². The first-order valence-electron chi connectivity index (χ1n) is 4.69. The number of ether oxygens (including phenoxy) is 3. The number of carbonyl (C=O) groups is 1. The monoisotopic (exact) mass is 203 g/mol. The SMILES string of the molecule is CO[C@H]1CCO[C@@H](C)C1OCC(N)=O. The lowest BCUT2D eigenvalue weighted by Gasteiger charge is -2.35. The van der Waals surface area contributed by atoms with Gasteiger partial charge in [0.2, 0.25) is 5.91 Å². The van der Waals surface area contributed by atoms with Crippen molar-refractivity contribution >= 4 is 5.91 Å². The fourth-order valence-corrected chi connectivity index (χ4v) is 1.60. The Morgan fingerprint density at radius 2 is 2.36 bits per heavy atom. The highest BCUT2D eigenvalue weighted by atomic mass is 16.6. The molecule has 1 aliphatic heterocycles. The van der Waals surface area contributed by atoms with Gasteiger partial charge in [-0.2, -0.15) is 0 Å². The Morgan fingerprint density at radius 1 is 1.64 bits per heavy atom. The highest BCUT2D eigenvalue weighted by molar-refractivity contribution is 5.75. The van der Waals surface area contributed by atoms with Gasteiger partial charge in [0, 0.05) is 13.7 Å². The second-order valence-electron chi connectivity index (χ2n) is 3.38. The molecule has 3 atom stereocenters. The zero-order valence-electron chi connectivity index (χ0n) is 8.56. The molecule has 1 saturated heterocycles. The molecule has 0 aromatic heterocycles. The molecule has 5 nitrogen and oxygen atoms in total. The lowest BCUT2D eigenvalue weighted by atomic mass is 10.0. The zero-order chi connectivity index (χ0) is 10.6. The van der Waals surface area contributed by atoms with Crippen LogP contribution in [0.1, 0.15) is 13.3 Å². The van der Waals surface area contributed by atoms with Crippen LogP contribution in [0.15, 0.2) is 0 Å². The van der Waals surface area contributed by atoms with E-state index in [1.54, 1.807) is 7.11 Å². The molecule has 1 aliphatic rings. The van der Waals surface area contributed by atoms with Gasteiger partial charge >= 0.3 is 0 Å². The maximum Gasteiger partial charge on any atom is 0.243 e. The molecular formula is C9H17NO4. The van der Waals surface area contributed by atoms with E-state index in [2.05, 4.69) is 0 Å². The highest BCUT2D eigenvalue weighted by Gasteiger charge is 2.32. The molecule has 0 saturated carbocycles. The molecule has 1 amide bonds. The van der Waals surface area contributed by atoms with E-state index in [1.165, 1.54) is 0 Å². The molecule has 0 aliphatic carbocycles. The Balaban J connectivity index is 2.46. The van der Waals surface area contributed by atoms with Gasteiger partial charge in [-0.3, -0.25) is 4.79 Å². The number of carbonyl (C=O) groups excluding carboxylic acids is 1. The van der Waals surface area contributed by atoms with E-state index in [0.717, 1.165) is 6.42 Å². The molecule has 14 heavy (non-hydrogen) atoms. The Kier molecular flexibility index (Phi) is 4.31. The van der Waals surface area contributed by atoms with Crippen LogP contribution in [0.25, 0.3) is 0 Å². The average Bonchev–Trinajstić information content (AvgIpc) is 2.15. The van der Waals surface area contributed by atoms with Crippen molar-refractivity contribution in [2.24, 2.45) is 5.73 Å². The molecule has 5 heteroatoms. The van der Waals surface area contributed by atoms with E-state index in [-0.39, 0.29) is 24.9 Å². The molecular weight excluding hydrogens is 186 g/mol. The summed E-state index contributed by atoms with van der Waals surface area (Å²) < 4.78 is 16.0. The van der Waals surface area contributed by atoms with Gasteiger partial charge < -0.3 is 19.9 Å². The minimum absolute atomic E-state index is 0.0156. The molecule has 0 aromatic carbocycles. The largest absolute Gasteiger partial charge is 0.379 e. The molecule has 82 valence electrons. The smallest absolute Gasteiger partial charge is 0.243 e. The van der Waals surface area contributed by atoms with Crippen LogP contribution in [0.3, 0.4) is 0 Å². The minimum atomic E-state index is -0.474. The van der Waals surface area contributed by atoms with Crippen molar-refractivity contribution < 1.29 is 19.0 Å². The third kappa shape index (κ3) is 2.94. The van der Waals surface area contributed by atoms with Crippen molar-refractivity contribution in [1.82, 2.24) is 0 Å². The fraction of sp³-hybridized carbons (Fsp3) is 0.889. The zero-order valence-corrected chi connectivity index (χ0v) is 8.56. The van der Waals surface area contributed by atoms with Crippen LogP contribution in [-0.4, -0.2) is 44.5 Å². The molecule has 1 rings (SSSR count). The van der Waals surface area contributed by atoms with Crippen molar-refractivity contribution in [2.75, 3.05) is 20.3 Å². The molecule has 2 N–H and O–H groups in total. The Bertz CT molecular complexity index is 197. The van der Waals surface area contributed by atoms with Crippen LogP contribution in [0.5, 0.6) is 0 Å². The average molecular weight is 203 g/mol. The van der Waals surface area contributed by atoms with E-state index in [0.29, 0.717) is 6.61 Å². The molecule has 0 spiro atoms. The van der Waals surface area contributed by atoms with Crippen LogP contribution in [0, 0.1) is 0 Å². The van der Waals surface area contributed by atoms with Crippen LogP contribution >= 0.6 is 0 Å². The molecule has 1 fully saturated rings.